The molecule has 1 aliphatic carbocycles. The van der Waals surface area contributed by atoms with Crippen LogP contribution in [0, 0.1) is 13.8 Å². The van der Waals surface area contributed by atoms with Crippen LogP contribution in [0.25, 0.3) is 0 Å². The van der Waals surface area contributed by atoms with Crippen molar-refractivity contribution in [2.45, 2.75) is 37.9 Å². The van der Waals surface area contributed by atoms with Crippen LogP contribution in [0.2, 0.25) is 0 Å². The van der Waals surface area contributed by atoms with Gasteiger partial charge in [0.2, 0.25) is 5.16 Å². The van der Waals surface area contributed by atoms with E-state index in [9.17, 15) is 4.79 Å². The van der Waals surface area contributed by atoms with Crippen LogP contribution < -0.4 is 0 Å². The molecule has 3 rings (SSSR count). The van der Waals surface area contributed by atoms with Crippen LogP contribution in [0.15, 0.2) is 23.4 Å². The smallest absolute Gasteiger partial charge is 0.210 e. The third kappa shape index (κ3) is 2.75. The molecule has 0 unspecified atom stereocenters. The molecule has 0 radical (unpaired) electrons. The monoisotopic (exact) mass is 288 g/mol. The van der Waals surface area contributed by atoms with E-state index in [4.69, 9.17) is 0 Å². The average molecular weight is 288 g/mol. The molecular weight excluding hydrogens is 272 g/mol. The molecule has 0 bridgehead atoms. The predicted molar refractivity (Wildman–Crippen MR) is 77.1 cm³/mol. The molecule has 1 aromatic carbocycles. The number of Topliss-reactive ketones (excluding diaryl/α,β-unsaturated/α-hetero) is 1. The molecule has 0 amide bonds. The van der Waals surface area contributed by atoms with E-state index >= 15 is 0 Å². The summed E-state index contributed by atoms with van der Waals surface area (Å²) in [5.41, 5.74) is 2.91. The molecule has 20 heavy (non-hydrogen) atoms. The number of carbonyl (C=O) groups is 1. The van der Waals surface area contributed by atoms with Crippen molar-refractivity contribution in [2.75, 3.05) is 5.75 Å². The Morgan fingerprint density at radius 2 is 2.20 bits per heavy atom. The van der Waals surface area contributed by atoms with Crippen LogP contribution in [0.3, 0.4) is 0 Å². The summed E-state index contributed by atoms with van der Waals surface area (Å²) in [6.07, 6.45) is 2.26. The molecule has 0 N–H and O–H groups in total. The Kier molecular flexibility index (Phi) is 3.56. The number of ketones is 1. The van der Waals surface area contributed by atoms with E-state index in [1.54, 1.807) is 0 Å². The lowest BCUT2D eigenvalue weighted by molar-refractivity contribution is 0.102. The van der Waals surface area contributed by atoms with E-state index in [0.29, 0.717) is 11.8 Å². The van der Waals surface area contributed by atoms with Crippen LogP contribution in [-0.4, -0.2) is 31.7 Å². The fourth-order valence-corrected chi connectivity index (χ4v) is 2.90. The standard InChI is InChI=1S/C14H16N4OS/c1-9-3-4-10(2)12(7-9)13(19)8-20-14-15-16-17-18(14)11-5-6-11/h3-4,7,11H,5-6,8H2,1-2H3. The van der Waals surface area contributed by atoms with Crippen molar-refractivity contribution in [3.05, 3.63) is 34.9 Å². The molecule has 0 saturated heterocycles. The van der Waals surface area contributed by atoms with Crippen molar-refractivity contribution in [3.63, 3.8) is 0 Å². The van der Waals surface area contributed by atoms with Gasteiger partial charge in [-0.1, -0.05) is 29.5 Å². The van der Waals surface area contributed by atoms with Gasteiger partial charge in [-0.2, -0.15) is 0 Å². The first kappa shape index (κ1) is 13.3. The second-order valence-corrected chi connectivity index (χ2v) is 6.11. The second-order valence-electron chi connectivity index (χ2n) is 5.17. The number of nitrogens with zero attached hydrogens (tertiary/aromatic N) is 4. The van der Waals surface area contributed by atoms with E-state index in [1.165, 1.54) is 11.8 Å². The quantitative estimate of drug-likeness (QED) is 0.625. The molecule has 1 saturated carbocycles. The minimum absolute atomic E-state index is 0.126. The van der Waals surface area contributed by atoms with Crippen molar-refractivity contribution in [3.8, 4) is 0 Å². The molecule has 104 valence electrons. The number of benzene rings is 1. The third-order valence-corrected chi connectivity index (χ3v) is 4.31. The molecule has 1 aliphatic rings. The van der Waals surface area contributed by atoms with Crippen molar-refractivity contribution in [2.24, 2.45) is 0 Å². The summed E-state index contributed by atoms with van der Waals surface area (Å²) in [7, 11) is 0. The molecule has 1 aromatic heterocycles. The zero-order valence-corrected chi connectivity index (χ0v) is 12.4. The van der Waals surface area contributed by atoms with Gasteiger partial charge in [0.15, 0.2) is 5.78 Å². The highest BCUT2D eigenvalue weighted by Crippen LogP contribution is 2.36. The number of hydrogen-bond donors (Lipinski definition) is 0. The highest BCUT2D eigenvalue weighted by Gasteiger charge is 2.28. The Morgan fingerprint density at radius 3 is 2.95 bits per heavy atom. The zero-order valence-electron chi connectivity index (χ0n) is 11.5. The molecule has 0 atom stereocenters. The first-order valence-electron chi connectivity index (χ1n) is 6.66. The van der Waals surface area contributed by atoms with E-state index < -0.39 is 0 Å². The lowest BCUT2D eigenvalue weighted by Gasteiger charge is -2.06. The molecule has 0 spiro atoms. The van der Waals surface area contributed by atoms with Crippen molar-refractivity contribution >= 4 is 17.5 Å². The van der Waals surface area contributed by atoms with Gasteiger partial charge in [0.25, 0.3) is 0 Å². The summed E-state index contributed by atoms with van der Waals surface area (Å²) in [5, 5.41) is 12.4. The summed E-state index contributed by atoms with van der Waals surface area (Å²) < 4.78 is 1.83. The predicted octanol–water partition coefficient (Wildman–Crippen LogP) is 2.60. The normalized spacial score (nSPS) is 14.5. The number of aryl methyl sites for hydroxylation is 2. The number of thioether (sulfide) groups is 1. The molecule has 1 heterocycles. The highest BCUT2D eigenvalue weighted by molar-refractivity contribution is 7.99. The molecule has 2 aromatic rings. The maximum atomic E-state index is 12.3. The minimum atomic E-state index is 0.126. The van der Waals surface area contributed by atoms with Gasteiger partial charge in [-0.25, -0.2) is 4.68 Å². The maximum absolute atomic E-state index is 12.3. The fraction of sp³-hybridized carbons (Fsp3) is 0.429. The molecule has 6 heteroatoms. The first-order valence-corrected chi connectivity index (χ1v) is 7.65. The Hall–Kier alpha value is -1.69. The Morgan fingerprint density at radius 1 is 1.40 bits per heavy atom. The summed E-state index contributed by atoms with van der Waals surface area (Å²) in [5.74, 6) is 0.499. The van der Waals surface area contributed by atoms with E-state index in [1.807, 2.05) is 36.7 Å². The topological polar surface area (TPSA) is 60.7 Å². The average Bonchev–Trinajstić information content (AvgIpc) is 3.18. The van der Waals surface area contributed by atoms with E-state index in [-0.39, 0.29) is 5.78 Å². The summed E-state index contributed by atoms with van der Waals surface area (Å²) in [6.45, 7) is 3.96. The van der Waals surface area contributed by atoms with Crippen LogP contribution in [-0.2, 0) is 0 Å². The van der Waals surface area contributed by atoms with Crippen LogP contribution in [0.5, 0.6) is 0 Å². The van der Waals surface area contributed by atoms with Crippen LogP contribution in [0.4, 0.5) is 0 Å². The Bertz CT molecular complexity index is 648. The van der Waals surface area contributed by atoms with Gasteiger partial charge < -0.3 is 0 Å². The van der Waals surface area contributed by atoms with Gasteiger partial charge in [0, 0.05) is 5.56 Å². The third-order valence-electron chi connectivity index (χ3n) is 3.38. The first-order chi connectivity index (χ1) is 9.65. The number of carbonyl (C=O) groups excluding carboxylic acids is 1. The molecule has 1 fully saturated rings. The van der Waals surface area contributed by atoms with Gasteiger partial charge >= 0.3 is 0 Å². The second kappa shape index (κ2) is 5.36. The molecular formula is C14H16N4OS. The highest BCUT2D eigenvalue weighted by atomic mass is 32.2. The number of aromatic nitrogens is 4. The fourth-order valence-electron chi connectivity index (χ4n) is 2.07. The minimum Gasteiger partial charge on any atom is -0.293 e. The summed E-state index contributed by atoms with van der Waals surface area (Å²) in [6, 6.07) is 6.39. The summed E-state index contributed by atoms with van der Waals surface area (Å²) >= 11 is 1.42. The number of tetrazole rings is 1. The van der Waals surface area contributed by atoms with Crippen LogP contribution in [0.1, 0.15) is 40.4 Å². The Labute approximate surface area is 121 Å². The van der Waals surface area contributed by atoms with Gasteiger partial charge in [-0.15, -0.1) is 5.10 Å². The van der Waals surface area contributed by atoms with Gasteiger partial charge in [-0.3, -0.25) is 4.79 Å². The maximum Gasteiger partial charge on any atom is 0.210 e. The van der Waals surface area contributed by atoms with E-state index in [2.05, 4.69) is 15.5 Å². The van der Waals surface area contributed by atoms with Crippen molar-refractivity contribution in [1.82, 2.24) is 20.2 Å². The molecule has 5 nitrogen and oxygen atoms in total. The van der Waals surface area contributed by atoms with Crippen molar-refractivity contribution in [1.29, 1.82) is 0 Å². The van der Waals surface area contributed by atoms with Gasteiger partial charge in [0.1, 0.15) is 0 Å². The number of rotatable bonds is 5. The zero-order chi connectivity index (χ0) is 14.1. The van der Waals surface area contributed by atoms with Crippen molar-refractivity contribution < 1.29 is 4.79 Å². The Balaban J connectivity index is 1.70. The van der Waals surface area contributed by atoms with Crippen LogP contribution >= 0.6 is 11.8 Å². The largest absolute Gasteiger partial charge is 0.293 e. The molecule has 0 aliphatic heterocycles. The number of hydrogen-bond acceptors (Lipinski definition) is 5. The lowest BCUT2D eigenvalue weighted by atomic mass is 10.0. The van der Waals surface area contributed by atoms with Gasteiger partial charge in [0.05, 0.1) is 11.8 Å². The lowest BCUT2D eigenvalue weighted by Crippen LogP contribution is -2.07. The van der Waals surface area contributed by atoms with Gasteiger partial charge in [-0.05, 0) is 48.7 Å². The SMILES string of the molecule is Cc1ccc(C)c(C(=O)CSc2nnnn2C2CC2)c1. The summed E-state index contributed by atoms with van der Waals surface area (Å²) in [4.78, 5) is 12.3. The van der Waals surface area contributed by atoms with E-state index in [0.717, 1.165) is 34.7 Å².